The summed E-state index contributed by atoms with van der Waals surface area (Å²) in [6.07, 6.45) is 0.689. The molecule has 3 nitrogen and oxygen atoms in total. The van der Waals surface area contributed by atoms with Crippen molar-refractivity contribution in [2.45, 2.75) is 6.42 Å². The molecule has 1 amide bonds. The average Bonchev–Trinajstić information content (AvgIpc) is 2.81. The van der Waals surface area contributed by atoms with Crippen LogP contribution in [0.2, 0.25) is 0 Å². The van der Waals surface area contributed by atoms with Crippen LogP contribution in [0.1, 0.15) is 16.1 Å². The van der Waals surface area contributed by atoms with Gasteiger partial charge in [0.15, 0.2) is 0 Å². The first-order chi connectivity index (χ1) is 8.66. The Balaban J connectivity index is 1.91. The molecule has 0 aliphatic heterocycles. The number of carbonyl (C=O) groups excluding carboxylic acids is 1. The summed E-state index contributed by atoms with van der Waals surface area (Å²) in [5, 5.41) is 4.72. The Labute approximate surface area is 116 Å². The lowest BCUT2D eigenvalue weighted by Crippen LogP contribution is -2.26. The van der Waals surface area contributed by atoms with Gasteiger partial charge in [-0.25, -0.2) is 9.37 Å². The van der Waals surface area contributed by atoms with Gasteiger partial charge in [-0.05, 0) is 34.1 Å². The normalized spacial score (nSPS) is 10.3. The van der Waals surface area contributed by atoms with E-state index in [9.17, 15) is 9.18 Å². The van der Waals surface area contributed by atoms with Crippen molar-refractivity contribution in [2.75, 3.05) is 6.54 Å². The van der Waals surface area contributed by atoms with Crippen LogP contribution < -0.4 is 5.32 Å². The van der Waals surface area contributed by atoms with E-state index < -0.39 is 0 Å². The van der Waals surface area contributed by atoms with Crippen LogP contribution in [0.4, 0.5) is 4.39 Å². The summed E-state index contributed by atoms with van der Waals surface area (Å²) >= 11 is 4.69. The van der Waals surface area contributed by atoms with E-state index in [4.69, 9.17) is 0 Å². The molecule has 1 aromatic heterocycles. The molecule has 0 radical (unpaired) electrons. The van der Waals surface area contributed by atoms with Crippen molar-refractivity contribution in [3.05, 3.63) is 50.6 Å². The molecule has 2 aromatic rings. The second kappa shape index (κ2) is 6.06. The van der Waals surface area contributed by atoms with Crippen LogP contribution in [0.25, 0.3) is 0 Å². The first-order valence-electron chi connectivity index (χ1n) is 5.27. The number of benzene rings is 1. The third-order valence-electron chi connectivity index (χ3n) is 2.33. The molecule has 0 saturated carbocycles. The molecule has 0 unspecified atom stereocenters. The second-order valence-corrected chi connectivity index (χ2v) is 5.18. The number of hydrogen-bond acceptors (Lipinski definition) is 3. The van der Waals surface area contributed by atoms with Gasteiger partial charge in [0, 0.05) is 22.8 Å². The van der Waals surface area contributed by atoms with Gasteiger partial charge in [-0.15, -0.1) is 11.3 Å². The van der Waals surface area contributed by atoms with Crippen molar-refractivity contribution >= 4 is 33.2 Å². The van der Waals surface area contributed by atoms with Crippen LogP contribution in [0, 0.1) is 5.82 Å². The molecule has 6 heteroatoms. The van der Waals surface area contributed by atoms with E-state index in [1.807, 2.05) is 5.38 Å². The van der Waals surface area contributed by atoms with Gasteiger partial charge < -0.3 is 5.32 Å². The van der Waals surface area contributed by atoms with E-state index in [1.54, 1.807) is 5.51 Å². The molecule has 0 fully saturated rings. The van der Waals surface area contributed by atoms with Gasteiger partial charge in [-0.3, -0.25) is 4.79 Å². The molecule has 1 heterocycles. The Morgan fingerprint density at radius 1 is 1.50 bits per heavy atom. The molecular weight excluding hydrogens is 319 g/mol. The van der Waals surface area contributed by atoms with Gasteiger partial charge in [-0.1, -0.05) is 0 Å². The van der Waals surface area contributed by atoms with E-state index in [1.165, 1.54) is 29.5 Å². The van der Waals surface area contributed by atoms with Crippen molar-refractivity contribution in [3.63, 3.8) is 0 Å². The lowest BCUT2D eigenvalue weighted by atomic mass is 10.2. The first-order valence-corrected chi connectivity index (χ1v) is 7.00. The van der Waals surface area contributed by atoms with Crippen LogP contribution in [0.3, 0.4) is 0 Å². The summed E-state index contributed by atoms with van der Waals surface area (Å²) < 4.78 is 13.3. The molecule has 94 valence electrons. The standard InChI is InChI=1S/C12H10BrFN2OS/c13-11-5-8(14)1-2-10(11)12(17)15-4-3-9-6-18-7-16-9/h1-2,5-7H,3-4H2,(H,15,17). The Hall–Kier alpha value is -1.27. The second-order valence-electron chi connectivity index (χ2n) is 3.61. The lowest BCUT2D eigenvalue weighted by molar-refractivity contribution is 0.0953. The Morgan fingerprint density at radius 3 is 3.00 bits per heavy atom. The smallest absolute Gasteiger partial charge is 0.252 e. The maximum atomic E-state index is 12.9. The predicted octanol–water partition coefficient (Wildman–Crippen LogP) is 3.02. The van der Waals surface area contributed by atoms with E-state index in [-0.39, 0.29) is 11.7 Å². The van der Waals surface area contributed by atoms with E-state index >= 15 is 0 Å². The molecule has 0 atom stereocenters. The zero-order chi connectivity index (χ0) is 13.0. The number of rotatable bonds is 4. The minimum absolute atomic E-state index is 0.225. The largest absolute Gasteiger partial charge is 0.352 e. The minimum atomic E-state index is -0.374. The topological polar surface area (TPSA) is 42.0 Å². The predicted molar refractivity (Wildman–Crippen MR) is 72.3 cm³/mol. The van der Waals surface area contributed by atoms with Crippen LogP contribution in [-0.4, -0.2) is 17.4 Å². The quantitative estimate of drug-likeness (QED) is 0.937. The monoisotopic (exact) mass is 328 g/mol. The van der Waals surface area contributed by atoms with Gasteiger partial charge in [0.1, 0.15) is 5.82 Å². The fourth-order valence-electron chi connectivity index (χ4n) is 1.43. The van der Waals surface area contributed by atoms with Crippen molar-refractivity contribution in [1.82, 2.24) is 10.3 Å². The third kappa shape index (κ3) is 3.36. The average molecular weight is 329 g/mol. The first kappa shape index (κ1) is 13.2. The number of nitrogens with one attached hydrogen (secondary N) is 1. The number of hydrogen-bond donors (Lipinski definition) is 1. The molecule has 0 aliphatic rings. The summed E-state index contributed by atoms with van der Waals surface area (Å²) in [5.74, 6) is -0.599. The van der Waals surface area contributed by atoms with Crippen molar-refractivity contribution in [3.8, 4) is 0 Å². The number of amides is 1. The van der Waals surface area contributed by atoms with Crippen LogP contribution >= 0.6 is 27.3 Å². The summed E-state index contributed by atoms with van der Waals surface area (Å²) in [6.45, 7) is 0.506. The van der Waals surface area contributed by atoms with Gasteiger partial charge >= 0.3 is 0 Å². The third-order valence-corrected chi connectivity index (χ3v) is 3.62. The Kier molecular flexibility index (Phi) is 4.43. The van der Waals surface area contributed by atoms with Gasteiger partial charge in [-0.2, -0.15) is 0 Å². The van der Waals surface area contributed by atoms with E-state index in [2.05, 4.69) is 26.2 Å². The van der Waals surface area contributed by atoms with Crippen molar-refractivity contribution in [1.29, 1.82) is 0 Å². The summed E-state index contributed by atoms with van der Waals surface area (Å²) in [5.41, 5.74) is 3.14. The molecular formula is C12H10BrFN2OS. The number of aromatic nitrogens is 1. The maximum Gasteiger partial charge on any atom is 0.252 e. The number of thiazole rings is 1. The molecule has 0 saturated heterocycles. The highest BCUT2D eigenvalue weighted by molar-refractivity contribution is 9.10. The summed E-state index contributed by atoms with van der Waals surface area (Å²) in [7, 11) is 0. The highest BCUT2D eigenvalue weighted by Crippen LogP contribution is 2.17. The molecule has 1 aromatic carbocycles. The molecule has 18 heavy (non-hydrogen) atoms. The highest BCUT2D eigenvalue weighted by atomic mass is 79.9. The molecule has 0 aliphatic carbocycles. The van der Waals surface area contributed by atoms with E-state index in [0.717, 1.165) is 5.69 Å². The van der Waals surface area contributed by atoms with Crippen molar-refractivity contribution < 1.29 is 9.18 Å². The fourth-order valence-corrected chi connectivity index (χ4v) is 2.56. The van der Waals surface area contributed by atoms with Gasteiger partial charge in [0.25, 0.3) is 5.91 Å². The number of halogens is 2. The molecule has 1 N–H and O–H groups in total. The Morgan fingerprint density at radius 2 is 2.33 bits per heavy atom. The number of nitrogens with zero attached hydrogens (tertiary/aromatic N) is 1. The molecule has 0 bridgehead atoms. The van der Waals surface area contributed by atoms with Crippen LogP contribution in [0.15, 0.2) is 33.6 Å². The van der Waals surface area contributed by atoms with Crippen LogP contribution in [-0.2, 0) is 6.42 Å². The zero-order valence-electron chi connectivity index (χ0n) is 9.32. The zero-order valence-corrected chi connectivity index (χ0v) is 11.7. The molecule has 0 spiro atoms. The van der Waals surface area contributed by atoms with Gasteiger partial charge in [0.2, 0.25) is 0 Å². The SMILES string of the molecule is O=C(NCCc1cscn1)c1ccc(F)cc1Br. The highest BCUT2D eigenvalue weighted by Gasteiger charge is 2.10. The molecule has 2 rings (SSSR count). The van der Waals surface area contributed by atoms with Crippen molar-refractivity contribution in [2.24, 2.45) is 0 Å². The maximum absolute atomic E-state index is 12.9. The Bertz CT molecular complexity index is 545. The van der Waals surface area contributed by atoms with E-state index in [0.29, 0.717) is 23.0 Å². The summed E-state index contributed by atoms with van der Waals surface area (Å²) in [6, 6.07) is 3.99. The number of carbonyl (C=O) groups is 1. The van der Waals surface area contributed by atoms with Gasteiger partial charge in [0.05, 0.1) is 16.8 Å². The van der Waals surface area contributed by atoms with Crippen LogP contribution in [0.5, 0.6) is 0 Å². The minimum Gasteiger partial charge on any atom is -0.352 e. The lowest BCUT2D eigenvalue weighted by Gasteiger charge is -2.06. The fraction of sp³-hybridized carbons (Fsp3) is 0.167. The summed E-state index contributed by atoms with van der Waals surface area (Å²) in [4.78, 5) is 15.9.